The number of anilines is 1. The first-order chi connectivity index (χ1) is 17.3. The second-order valence-electron chi connectivity index (χ2n) is 7.91. The number of benzene rings is 2. The van der Waals surface area contributed by atoms with E-state index >= 15 is 0 Å². The fourth-order valence-electron chi connectivity index (χ4n) is 3.65. The molecule has 0 spiro atoms. The maximum Gasteiger partial charge on any atom is 0.276 e. The molecule has 4 rings (SSSR count). The SMILES string of the molecule is COc1ccc(Cn2nc(C)c(NC(=O)c3ccn(COc4cccc(Cl)c4Cl)n3)c2C)cc1OC. The second kappa shape index (κ2) is 10.9. The first-order valence-electron chi connectivity index (χ1n) is 11.0. The number of methoxy groups -OCH3 is 2. The Bertz CT molecular complexity index is 1400. The van der Waals surface area contributed by atoms with Crippen LogP contribution in [-0.4, -0.2) is 39.7 Å². The predicted molar refractivity (Wildman–Crippen MR) is 138 cm³/mol. The Kier molecular flexibility index (Phi) is 7.71. The van der Waals surface area contributed by atoms with E-state index in [2.05, 4.69) is 15.5 Å². The van der Waals surface area contributed by atoms with E-state index in [1.165, 1.54) is 4.68 Å². The smallest absolute Gasteiger partial charge is 0.276 e. The Balaban J connectivity index is 1.43. The van der Waals surface area contributed by atoms with Gasteiger partial charge in [0.2, 0.25) is 0 Å². The zero-order valence-corrected chi connectivity index (χ0v) is 21.7. The van der Waals surface area contributed by atoms with Gasteiger partial charge in [-0.2, -0.15) is 10.2 Å². The van der Waals surface area contributed by atoms with E-state index in [1.807, 2.05) is 36.7 Å². The predicted octanol–water partition coefficient (Wildman–Crippen LogP) is 5.36. The maximum atomic E-state index is 12.9. The van der Waals surface area contributed by atoms with E-state index in [4.69, 9.17) is 37.4 Å². The van der Waals surface area contributed by atoms with Crippen LogP contribution in [0.4, 0.5) is 5.69 Å². The van der Waals surface area contributed by atoms with E-state index in [0.717, 1.165) is 11.3 Å². The molecule has 36 heavy (non-hydrogen) atoms. The average Bonchev–Trinajstić information content (AvgIpc) is 3.45. The van der Waals surface area contributed by atoms with Crippen LogP contribution in [0.2, 0.25) is 10.0 Å². The summed E-state index contributed by atoms with van der Waals surface area (Å²) in [6, 6.07) is 12.4. The Morgan fingerprint density at radius 2 is 1.78 bits per heavy atom. The number of aromatic nitrogens is 4. The molecule has 0 aliphatic carbocycles. The Morgan fingerprint density at radius 3 is 2.53 bits per heavy atom. The van der Waals surface area contributed by atoms with Gasteiger partial charge in [0, 0.05) is 6.20 Å². The molecule has 0 aliphatic heterocycles. The van der Waals surface area contributed by atoms with Crippen LogP contribution in [0.25, 0.3) is 0 Å². The lowest BCUT2D eigenvalue weighted by Crippen LogP contribution is -2.15. The van der Waals surface area contributed by atoms with Gasteiger partial charge >= 0.3 is 0 Å². The molecule has 4 aromatic rings. The minimum atomic E-state index is -0.355. The van der Waals surface area contributed by atoms with Crippen LogP contribution >= 0.6 is 23.2 Å². The molecule has 0 saturated carbocycles. The van der Waals surface area contributed by atoms with Crippen molar-refractivity contribution in [2.24, 2.45) is 0 Å². The summed E-state index contributed by atoms with van der Waals surface area (Å²) in [7, 11) is 3.19. The number of nitrogens with one attached hydrogen (secondary N) is 1. The highest BCUT2D eigenvalue weighted by Gasteiger charge is 2.18. The fraction of sp³-hybridized carbons (Fsp3) is 0.240. The van der Waals surface area contributed by atoms with E-state index in [9.17, 15) is 4.79 Å². The van der Waals surface area contributed by atoms with E-state index in [1.54, 1.807) is 44.7 Å². The molecule has 0 aliphatic rings. The van der Waals surface area contributed by atoms with Crippen LogP contribution in [0.3, 0.4) is 0 Å². The van der Waals surface area contributed by atoms with Crippen molar-refractivity contribution >= 4 is 34.8 Å². The number of hydrogen-bond acceptors (Lipinski definition) is 6. The molecule has 0 unspecified atom stereocenters. The Morgan fingerprint density at radius 1 is 1.00 bits per heavy atom. The Hall–Kier alpha value is -3.69. The topological polar surface area (TPSA) is 92.4 Å². The van der Waals surface area contributed by atoms with Crippen molar-refractivity contribution in [3.8, 4) is 17.2 Å². The highest BCUT2D eigenvalue weighted by molar-refractivity contribution is 6.42. The van der Waals surface area contributed by atoms with Gasteiger partial charge in [0.1, 0.15) is 10.8 Å². The molecule has 0 fully saturated rings. The van der Waals surface area contributed by atoms with Crippen LogP contribution in [0.5, 0.6) is 17.2 Å². The summed E-state index contributed by atoms with van der Waals surface area (Å²) < 4.78 is 19.7. The molecule has 0 bridgehead atoms. The molecule has 11 heteroatoms. The van der Waals surface area contributed by atoms with Gasteiger partial charge in [0.15, 0.2) is 23.9 Å². The van der Waals surface area contributed by atoms with E-state index in [0.29, 0.717) is 45.2 Å². The third-order valence-corrected chi connectivity index (χ3v) is 6.34. The molecule has 2 heterocycles. The molecule has 0 saturated heterocycles. The molecule has 0 radical (unpaired) electrons. The minimum Gasteiger partial charge on any atom is -0.493 e. The summed E-state index contributed by atoms with van der Waals surface area (Å²) in [6.45, 7) is 4.31. The zero-order valence-electron chi connectivity index (χ0n) is 20.2. The standard InChI is InChI=1S/C25H25Cl2N5O4/c1-15-24(16(2)32(29-15)13-17-8-9-20(34-3)22(12-17)35-4)28-25(33)19-10-11-31(30-19)14-36-21-7-5-6-18(26)23(21)27/h5-12H,13-14H2,1-4H3,(H,28,33). The van der Waals surface area contributed by atoms with Gasteiger partial charge in [-0.3, -0.25) is 9.48 Å². The maximum absolute atomic E-state index is 12.9. The first kappa shape index (κ1) is 25.4. The van der Waals surface area contributed by atoms with Gasteiger partial charge in [-0.15, -0.1) is 0 Å². The van der Waals surface area contributed by atoms with Crippen molar-refractivity contribution in [2.45, 2.75) is 27.1 Å². The number of carbonyl (C=O) groups excluding carboxylic acids is 1. The van der Waals surface area contributed by atoms with Crippen LogP contribution < -0.4 is 19.5 Å². The lowest BCUT2D eigenvalue weighted by Gasteiger charge is -2.11. The molecule has 1 amide bonds. The van der Waals surface area contributed by atoms with Crippen molar-refractivity contribution in [3.05, 3.63) is 81.4 Å². The number of amides is 1. The summed E-state index contributed by atoms with van der Waals surface area (Å²) in [5.74, 6) is 1.37. The Labute approximate surface area is 218 Å². The first-order valence-corrected chi connectivity index (χ1v) is 11.7. The molecular formula is C25H25Cl2N5O4. The van der Waals surface area contributed by atoms with Crippen LogP contribution in [0, 0.1) is 13.8 Å². The average molecular weight is 530 g/mol. The van der Waals surface area contributed by atoms with Crippen molar-refractivity contribution in [3.63, 3.8) is 0 Å². The van der Waals surface area contributed by atoms with Gasteiger partial charge in [-0.05, 0) is 49.7 Å². The highest BCUT2D eigenvalue weighted by atomic mass is 35.5. The minimum absolute atomic E-state index is 0.0641. The lowest BCUT2D eigenvalue weighted by molar-refractivity contribution is 0.102. The molecule has 2 aromatic carbocycles. The van der Waals surface area contributed by atoms with Crippen molar-refractivity contribution in [1.29, 1.82) is 0 Å². The van der Waals surface area contributed by atoms with Gasteiger partial charge in [0.05, 0.1) is 42.9 Å². The normalized spacial score (nSPS) is 10.8. The summed E-state index contributed by atoms with van der Waals surface area (Å²) >= 11 is 12.2. The van der Waals surface area contributed by atoms with E-state index < -0.39 is 0 Å². The molecule has 0 atom stereocenters. The summed E-state index contributed by atoms with van der Waals surface area (Å²) in [5.41, 5.74) is 3.36. The van der Waals surface area contributed by atoms with Gasteiger partial charge in [0.25, 0.3) is 5.91 Å². The molecule has 9 nitrogen and oxygen atoms in total. The number of nitrogens with zero attached hydrogens (tertiary/aromatic N) is 4. The van der Waals surface area contributed by atoms with Crippen molar-refractivity contribution in [2.75, 3.05) is 19.5 Å². The number of hydrogen-bond donors (Lipinski definition) is 1. The molecule has 2 aromatic heterocycles. The zero-order chi connectivity index (χ0) is 25.8. The number of carbonyl (C=O) groups is 1. The third kappa shape index (κ3) is 5.42. The quantitative estimate of drug-likeness (QED) is 0.313. The summed E-state index contributed by atoms with van der Waals surface area (Å²) in [6.07, 6.45) is 1.65. The summed E-state index contributed by atoms with van der Waals surface area (Å²) in [5, 5.41) is 12.5. The molecule has 1 N–H and O–H groups in total. The van der Waals surface area contributed by atoms with Gasteiger partial charge in [-0.1, -0.05) is 35.3 Å². The van der Waals surface area contributed by atoms with E-state index in [-0.39, 0.29) is 18.3 Å². The molecule has 188 valence electrons. The van der Waals surface area contributed by atoms with Crippen molar-refractivity contribution < 1.29 is 19.0 Å². The van der Waals surface area contributed by atoms with Gasteiger partial charge in [-0.25, -0.2) is 4.68 Å². The van der Waals surface area contributed by atoms with Gasteiger partial charge < -0.3 is 19.5 Å². The van der Waals surface area contributed by atoms with Crippen LogP contribution in [-0.2, 0) is 13.3 Å². The lowest BCUT2D eigenvalue weighted by atomic mass is 10.2. The molecular weight excluding hydrogens is 505 g/mol. The van der Waals surface area contributed by atoms with Crippen molar-refractivity contribution in [1.82, 2.24) is 19.6 Å². The number of halogens is 2. The monoisotopic (exact) mass is 529 g/mol. The van der Waals surface area contributed by atoms with Crippen LogP contribution in [0.1, 0.15) is 27.4 Å². The number of aryl methyl sites for hydroxylation is 1. The van der Waals surface area contributed by atoms with Crippen LogP contribution in [0.15, 0.2) is 48.7 Å². The second-order valence-corrected chi connectivity index (χ2v) is 8.70. The fourth-order valence-corrected chi connectivity index (χ4v) is 3.99. The highest BCUT2D eigenvalue weighted by Crippen LogP contribution is 2.32. The number of ether oxygens (including phenoxy) is 3. The number of rotatable bonds is 9. The summed E-state index contributed by atoms with van der Waals surface area (Å²) in [4.78, 5) is 12.9. The third-order valence-electron chi connectivity index (χ3n) is 5.54. The largest absolute Gasteiger partial charge is 0.493 e.